The molecule has 4 nitrogen and oxygen atoms in total. The highest BCUT2D eigenvalue weighted by atomic mass is 16.2. The summed E-state index contributed by atoms with van der Waals surface area (Å²) in [5.41, 5.74) is 1.42. The number of carbonyl (C=O) groups is 1. The molecule has 2 aromatic rings. The second-order valence-corrected chi connectivity index (χ2v) is 4.37. The summed E-state index contributed by atoms with van der Waals surface area (Å²) in [6.07, 6.45) is 7.43. The van der Waals surface area contributed by atoms with E-state index in [0.29, 0.717) is 5.56 Å². The van der Waals surface area contributed by atoms with Gasteiger partial charge in [0.25, 0.3) is 5.91 Å². The van der Waals surface area contributed by atoms with Crippen molar-refractivity contribution in [3.8, 4) is 0 Å². The van der Waals surface area contributed by atoms with Crippen molar-refractivity contribution >= 4 is 11.6 Å². The Morgan fingerprint density at radius 2 is 2.00 bits per heavy atom. The maximum Gasteiger partial charge on any atom is 0.257 e. The van der Waals surface area contributed by atoms with Gasteiger partial charge in [0.1, 0.15) is 5.65 Å². The number of imidazole rings is 1. The van der Waals surface area contributed by atoms with E-state index in [0.717, 1.165) is 31.6 Å². The number of nitrogens with zero attached hydrogens (tertiary/aromatic N) is 3. The van der Waals surface area contributed by atoms with E-state index in [-0.39, 0.29) is 5.91 Å². The number of hydrogen-bond donors (Lipinski definition) is 0. The molecule has 96 valence electrons. The van der Waals surface area contributed by atoms with Gasteiger partial charge >= 0.3 is 0 Å². The van der Waals surface area contributed by atoms with Crippen molar-refractivity contribution < 1.29 is 4.79 Å². The second kappa shape index (κ2) is 5.67. The summed E-state index contributed by atoms with van der Waals surface area (Å²) in [6, 6.07) is 3.74. The Morgan fingerprint density at radius 3 is 2.67 bits per heavy atom. The SMILES string of the molecule is CCCN(CCC)C(=O)c1cccn2ccnc12. The molecular formula is C14H19N3O. The predicted octanol–water partition coefficient (Wildman–Crippen LogP) is 2.60. The first-order valence-electron chi connectivity index (χ1n) is 6.48. The largest absolute Gasteiger partial charge is 0.339 e. The zero-order chi connectivity index (χ0) is 13.0. The van der Waals surface area contributed by atoms with Crippen LogP contribution in [0.2, 0.25) is 0 Å². The van der Waals surface area contributed by atoms with Crippen molar-refractivity contribution in [2.24, 2.45) is 0 Å². The van der Waals surface area contributed by atoms with Gasteiger partial charge in [-0.15, -0.1) is 0 Å². The molecule has 0 radical (unpaired) electrons. The summed E-state index contributed by atoms with van der Waals surface area (Å²) in [6.45, 7) is 5.78. The van der Waals surface area contributed by atoms with Crippen LogP contribution in [-0.4, -0.2) is 33.3 Å². The van der Waals surface area contributed by atoms with E-state index in [4.69, 9.17) is 0 Å². The first kappa shape index (κ1) is 12.6. The van der Waals surface area contributed by atoms with Crippen LogP contribution in [0, 0.1) is 0 Å². The molecule has 0 aliphatic heterocycles. The lowest BCUT2D eigenvalue weighted by Crippen LogP contribution is -2.32. The van der Waals surface area contributed by atoms with Crippen molar-refractivity contribution in [2.75, 3.05) is 13.1 Å². The van der Waals surface area contributed by atoms with Crippen LogP contribution in [0.3, 0.4) is 0 Å². The Morgan fingerprint density at radius 1 is 1.28 bits per heavy atom. The molecule has 2 rings (SSSR count). The fourth-order valence-electron chi connectivity index (χ4n) is 2.14. The first-order chi connectivity index (χ1) is 8.77. The number of pyridine rings is 1. The summed E-state index contributed by atoms with van der Waals surface area (Å²) >= 11 is 0. The third-order valence-corrected chi connectivity index (χ3v) is 2.92. The predicted molar refractivity (Wildman–Crippen MR) is 71.7 cm³/mol. The molecule has 0 fully saturated rings. The monoisotopic (exact) mass is 245 g/mol. The molecule has 0 N–H and O–H groups in total. The Bertz CT molecular complexity index is 527. The summed E-state index contributed by atoms with van der Waals surface area (Å²) in [5, 5.41) is 0. The van der Waals surface area contributed by atoms with Crippen LogP contribution >= 0.6 is 0 Å². The van der Waals surface area contributed by atoms with Crippen LogP contribution in [0.15, 0.2) is 30.7 Å². The van der Waals surface area contributed by atoms with Crippen LogP contribution in [0.5, 0.6) is 0 Å². The van der Waals surface area contributed by atoms with Gasteiger partial charge in [-0.05, 0) is 25.0 Å². The molecule has 1 amide bonds. The minimum atomic E-state index is 0.0792. The highest BCUT2D eigenvalue weighted by Crippen LogP contribution is 2.12. The Labute approximate surface area is 107 Å². The van der Waals surface area contributed by atoms with Gasteiger partial charge < -0.3 is 9.30 Å². The minimum absolute atomic E-state index is 0.0792. The molecular weight excluding hydrogens is 226 g/mol. The average molecular weight is 245 g/mol. The van der Waals surface area contributed by atoms with Crippen molar-refractivity contribution in [3.05, 3.63) is 36.3 Å². The first-order valence-corrected chi connectivity index (χ1v) is 6.48. The van der Waals surface area contributed by atoms with Crippen molar-refractivity contribution in [2.45, 2.75) is 26.7 Å². The zero-order valence-electron chi connectivity index (χ0n) is 11.0. The van der Waals surface area contributed by atoms with Crippen LogP contribution < -0.4 is 0 Å². The summed E-state index contributed by atoms with van der Waals surface area (Å²) in [7, 11) is 0. The normalized spacial score (nSPS) is 10.8. The molecule has 0 saturated heterocycles. The average Bonchev–Trinajstić information content (AvgIpc) is 2.85. The maximum absolute atomic E-state index is 12.5. The molecule has 0 aromatic carbocycles. The second-order valence-electron chi connectivity index (χ2n) is 4.37. The molecule has 0 saturated carbocycles. The molecule has 0 spiro atoms. The van der Waals surface area contributed by atoms with Crippen molar-refractivity contribution in [3.63, 3.8) is 0 Å². The maximum atomic E-state index is 12.5. The Balaban J connectivity index is 2.34. The number of carbonyl (C=O) groups excluding carboxylic acids is 1. The van der Waals surface area contributed by atoms with Gasteiger partial charge in [0.05, 0.1) is 5.56 Å². The molecule has 4 heteroatoms. The van der Waals surface area contributed by atoms with Gasteiger partial charge in [-0.25, -0.2) is 4.98 Å². The quantitative estimate of drug-likeness (QED) is 0.812. The van der Waals surface area contributed by atoms with Gasteiger partial charge in [0, 0.05) is 31.7 Å². The molecule has 2 heterocycles. The fourth-order valence-corrected chi connectivity index (χ4v) is 2.14. The number of amides is 1. The molecule has 0 aliphatic carbocycles. The minimum Gasteiger partial charge on any atom is -0.339 e. The molecule has 18 heavy (non-hydrogen) atoms. The van der Waals surface area contributed by atoms with Gasteiger partial charge in [-0.3, -0.25) is 4.79 Å². The van der Waals surface area contributed by atoms with Gasteiger partial charge in [-0.1, -0.05) is 13.8 Å². The molecule has 0 aliphatic rings. The van der Waals surface area contributed by atoms with Crippen LogP contribution in [-0.2, 0) is 0 Å². The summed E-state index contributed by atoms with van der Waals surface area (Å²) in [4.78, 5) is 18.7. The highest BCUT2D eigenvalue weighted by Gasteiger charge is 2.17. The van der Waals surface area contributed by atoms with E-state index in [1.807, 2.05) is 33.8 Å². The lowest BCUT2D eigenvalue weighted by molar-refractivity contribution is 0.0757. The number of aromatic nitrogens is 2. The van der Waals surface area contributed by atoms with E-state index in [2.05, 4.69) is 18.8 Å². The van der Waals surface area contributed by atoms with E-state index < -0.39 is 0 Å². The fraction of sp³-hybridized carbons (Fsp3) is 0.429. The van der Waals surface area contributed by atoms with Gasteiger partial charge in [0.2, 0.25) is 0 Å². The summed E-state index contributed by atoms with van der Waals surface area (Å²) < 4.78 is 1.88. The van der Waals surface area contributed by atoms with Gasteiger partial charge in [-0.2, -0.15) is 0 Å². The number of hydrogen-bond acceptors (Lipinski definition) is 2. The molecule has 0 unspecified atom stereocenters. The number of fused-ring (bicyclic) bond motifs is 1. The smallest absolute Gasteiger partial charge is 0.257 e. The van der Waals surface area contributed by atoms with Gasteiger partial charge in [0.15, 0.2) is 0 Å². The Hall–Kier alpha value is -1.84. The van der Waals surface area contributed by atoms with E-state index in [1.54, 1.807) is 6.20 Å². The Kier molecular flexibility index (Phi) is 3.97. The zero-order valence-corrected chi connectivity index (χ0v) is 11.0. The third kappa shape index (κ3) is 2.37. The molecule has 0 bridgehead atoms. The summed E-state index contributed by atoms with van der Waals surface area (Å²) in [5.74, 6) is 0.0792. The van der Waals surface area contributed by atoms with Crippen molar-refractivity contribution in [1.29, 1.82) is 0 Å². The lowest BCUT2D eigenvalue weighted by Gasteiger charge is -2.21. The lowest BCUT2D eigenvalue weighted by atomic mass is 10.2. The van der Waals surface area contributed by atoms with E-state index >= 15 is 0 Å². The third-order valence-electron chi connectivity index (χ3n) is 2.92. The number of rotatable bonds is 5. The van der Waals surface area contributed by atoms with Crippen molar-refractivity contribution in [1.82, 2.24) is 14.3 Å². The molecule has 2 aromatic heterocycles. The van der Waals surface area contributed by atoms with Crippen LogP contribution in [0.1, 0.15) is 37.0 Å². The topological polar surface area (TPSA) is 37.6 Å². The standard InChI is InChI=1S/C14H19N3O/c1-3-8-17(9-4-2)14(18)12-6-5-10-16-11-7-15-13(12)16/h5-7,10-11H,3-4,8-9H2,1-2H3. The van der Waals surface area contributed by atoms with E-state index in [9.17, 15) is 4.79 Å². The molecule has 0 atom stereocenters. The highest BCUT2D eigenvalue weighted by molar-refractivity contribution is 5.99. The van der Waals surface area contributed by atoms with Crippen LogP contribution in [0.4, 0.5) is 0 Å². The van der Waals surface area contributed by atoms with Crippen LogP contribution in [0.25, 0.3) is 5.65 Å². The van der Waals surface area contributed by atoms with E-state index in [1.165, 1.54) is 0 Å².